The standard InChI is InChI=1S/C31H36N6O2/c1-3-21(4-2)15-29(38)28-11-9-25(19-33-28)34-31(39)30-26-16-23(8-10-27(26)35-36-30)24-14-22(17-32-18-24)20-37-12-6-5-7-13-37/h8-11,14,16-19,21H,3-7,12-13,15,20H2,1-2H3,(H,34,39)(H,35,36). The fourth-order valence-corrected chi connectivity index (χ4v) is 5.24. The SMILES string of the molecule is CCC(CC)CC(=O)c1ccc(NC(=O)c2n[nH]c3ccc(-c4cncc(CN5CCCCC5)c4)cc23)cn1. The van der Waals surface area contributed by atoms with E-state index < -0.39 is 0 Å². The van der Waals surface area contributed by atoms with Gasteiger partial charge in [0.05, 0.1) is 17.4 Å². The van der Waals surface area contributed by atoms with Crippen molar-refractivity contribution in [3.8, 4) is 11.1 Å². The molecule has 0 spiro atoms. The number of nitrogens with one attached hydrogen (secondary N) is 2. The zero-order valence-electron chi connectivity index (χ0n) is 22.7. The lowest BCUT2D eigenvalue weighted by Crippen LogP contribution is -2.29. The number of amides is 1. The molecule has 1 fully saturated rings. The summed E-state index contributed by atoms with van der Waals surface area (Å²) in [6, 6.07) is 11.5. The monoisotopic (exact) mass is 524 g/mol. The quantitative estimate of drug-likeness (QED) is 0.237. The Morgan fingerprint density at radius 2 is 1.79 bits per heavy atom. The van der Waals surface area contributed by atoms with E-state index in [0.29, 0.717) is 29.4 Å². The van der Waals surface area contributed by atoms with E-state index in [1.165, 1.54) is 31.0 Å². The molecule has 4 heterocycles. The first-order valence-corrected chi connectivity index (χ1v) is 14.0. The number of H-pyrrole nitrogens is 1. The molecule has 1 amide bonds. The molecule has 0 saturated carbocycles. The van der Waals surface area contributed by atoms with Gasteiger partial charge in [-0.25, -0.2) is 0 Å². The second-order valence-electron chi connectivity index (χ2n) is 10.4. The maximum absolute atomic E-state index is 13.1. The van der Waals surface area contributed by atoms with E-state index in [9.17, 15) is 9.59 Å². The normalized spacial score (nSPS) is 14.1. The number of hydrogen-bond donors (Lipinski definition) is 2. The Labute approximate surface area is 229 Å². The Hall–Kier alpha value is -3.91. The van der Waals surface area contributed by atoms with Gasteiger partial charge in [0.25, 0.3) is 5.91 Å². The van der Waals surface area contributed by atoms with Crippen LogP contribution >= 0.6 is 0 Å². The summed E-state index contributed by atoms with van der Waals surface area (Å²) < 4.78 is 0. The minimum absolute atomic E-state index is 0.0295. The lowest BCUT2D eigenvalue weighted by molar-refractivity contribution is 0.0953. The number of carbonyl (C=O) groups excluding carboxylic acids is 2. The first-order valence-electron chi connectivity index (χ1n) is 14.0. The minimum Gasteiger partial charge on any atom is -0.319 e. The van der Waals surface area contributed by atoms with Gasteiger partial charge in [-0.15, -0.1) is 0 Å². The molecule has 8 heteroatoms. The number of pyridine rings is 2. The van der Waals surface area contributed by atoms with E-state index in [1.54, 1.807) is 12.1 Å². The van der Waals surface area contributed by atoms with Crippen LogP contribution in [-0.4, -0.2) is 49.8 Å². The molecule has 2 N–H and O–H groups in total. The van der Waals surface area contributed by atoms with Crippen molar-refractivity contribution in [2.75, 3.05) is 18.4 Å². The van der Waals surface area contributed by atoms with Crippen LogP contribution in [0.3, 0.4) is 0 Å². The summed E-state index contributed by atoms with van der Waals surface area (Å²) in [5.41, 5.74) is 5.20. The van der Waals surface area contributed by atoms with Gasteiger partial charge in [0.1, 0.15) is 5.69 Å². The number of carbonyl (C=O) groups is 2. The van der Waals surface area contributed by atoms with Crippen molar-refractivity contribution < 1.29 is 9.59 Å². The number of nitrogens with zero attached hydrogens (tertiary/aromatic N) is 4. The maximum Gasteiger partial charge on any atom is 0.276 e. The average molecular weight is 525 g/mol. The zero-order valence-corrected chi connectivity index (χ0v) is 22.7. The summed E-state index contributed by atoms with van der Waals surface area (Å²) in [4.78, 5) is 37.0. The van der Waals surface area contributed by atoms with E-state index in [2.05, 4.69) is 50.3 Å². The number of anilines is 1. The molecular formula is C31H36N6O2. The molecule has 5 rings (SSSR count). The van der Waals surface area contributed by atoms with Crippen LogP contribution in [0.5, 0.6) is 0 Å². The largest absolute Gasteiger partial charge is 0.319 e. The predicted octanol–water partition coefficient (Wildman–Crippen LogP) is 6.27. The molecule has 202 valence electrons. The van der Waals surface area contributed by atoms with Crippen LogP contribution in [0.2, 0.25) is 0 Å². The third-order valence-corrected chi connectivity index (χ3v) is 7.70. The molecule has 39 heavy (non-hydrogen) atoms. The molecule has 3 aromatic heterocycles. The van der Waals surface area contributed by atoms with Crippen molar-refractivity contribution in [2.45, 2.75) is 58.9 Å². The van der Waals surface area contributed by atoms with Gasteiger partial charge in [-0.1, -0.05) is 39.2 Å². The lowest BCUT2D eigenvalue weighted by Gasteiger charge is -2.26. The highest BCUT2D eigenvalue weighted by atomic mass is 16.2. The van der Waals surface area contributed by atoms with Gasteiger partial charge in [-0.3, -0.25) is 29.6 Å². The molecule has 1 saturated heterocycles. The number of piperidine rings is 1. The summed E-state index contributed by atoms with van der Waals surface area (Å²) in [6.07, 6.45) is 11.6. The van der Waals surface area contributed by atoms with Crippen LogP contribution in [0, 0.1) is 5.92 Å². The number of benzene rings is 1. The molecule has 4 aromatic rings. The third-order valence-electron chi connectivity index (χ3n) is 7.70. The molecule has 0 radical (unpaired) electrons. The molecule has 1 aliphatic heterocycles. The van der Waals surface area contributed by atoms with Crippen molar-refractivity contribution in [1.82, 2.24) is 25.1 Å². The number of likely N-dealkylation sites (tertiary alicyclic amines) is 1. The van der Waals surface area contributed by atoms with Gasteiger partial charge in [0.2, 0.25) is 0 Å². The number of rotatable bonds is 10. The van der Waals surface area contributed by atoms with Crippen molar-refractivity contribution in [1.29, 1.82) is 0 Å². The summed E-state index contributed by atoms with van der Waals surface area (Å²) in [5.74, 6) is 0.0552. The molecular weight excluding hydrogens is 488 g/mol. The van der Waals surface area contributed by atoms with Gasteiger partial charge < -0.3 is 5.32 Å². The van der Waals surface area contributed by atoms with E-state index in [0.717, 1.165) is 54.5 Å². The Morgan fingerprint density at radius 1 is 0.974 bits per heavy atom. The van der Waals surface area contributed by atoms with Crippen molar-refractivity contribution in [3.63, 3.8) is 0 Å². The van der Waals surface area contributed by atoms with Crippen LogP contribution < -0.4 is 5.32 Å². The van der Waals surface area contributed by atoms with Crippen molar-refractivity contribution >= 4 is 28.3 Å². The minimum atomic E-state index is -0.340. The lowest BCUT2D eigenvalue weighted by atomic mass is 9.96. The van der Waals surface area contributed by atoms with Gasteiger partial charge in [-0.2, -0.15) is 5.10 Å². The summed E-state index contributed by atoms with van der Waals surface area (Å²) in [6.45, 7) is 7.37. The van der Waals surface area contributed by atoms with Crippen LogP contribution in [0.15, 0.2) is 55.0 Å². The number of aromatic amines is 1. The Bertz CT molecular complexity index is 1440. The summed E-state index contributed by atoms with van der Waals surface area (Å²) in [7, 11) is 0. The van der Waals surface area contributed by atoms with E-state index >= 15 is 0 Å². The number of ketones is 1. The van der Waals surface area contributed by atoms with E-state index in [-0.39, 0.29) is 11.7 Å². The molecule has 0 atom stereocenters. The van der Waals surface area contributed by atoms with Crippen molar-refractivity contribution in [2.24, 2.45) is 5.92 Å². The van der Waals surface area contributed by atoms with Crippen LogP contribution in [-0.2, 0) is 6.54 Å². The van der Waals surface area contributed by atoms with E-state index in [4.69, 9.17) is 0 Å². The number of aromatic nitrogens is 4. The highest BCUT2D eigenvalue weighted by Crippen LogP contribution is 2.27. The topological polar surface area (TPSA) is 104 Å². The van der Waals surface area contributed by atoms with Gasteiger partial charge in [0.15, 0.2) is 11.5 Å². The maximum atomic E-state index is 13.1. The number of fused-ring (bicyclic) bond motifs is 1. The predicted molar refractivity (Wildman–Crippen MR) is 154 cm³/mol. The van der Waals surface area contributed by atoms with Crippen LogP contribution in [0.4, 0.5) is 5.69 Å². The number of Topliss-reactive ketones (excluding diaryl/α,β-unsaturated/α-hetero) is 1. The zero-order chi connectivity index (χ0) is 27.2. The highest BCUT2D eigenvalue weighted by Gasteiger charge is 2.18. The van der Waals surface area contributed by atoms with Crippen LogP contribution in [0.25, 0.3) is 22.0 Å². The second-order valence-corrected chi connectivity index (χ2v) is 10.4. The first-order chi connectivity index (χ1) is 19.0. The second kappa shape index (κ2) is 12.3. The number of hydrogen-bond acceptors (Lipinski definition) is 6. The van der Waals surface area contributed by atoms with Gasteiger partial charge >= 0.3 is 0 Å². The molecule has 0 bridgehead atoms. The summed E-state index contributed by atoms with van der Waals surface area (Å²) in [5, 5.41) is 10.8. The average Bonchev–Trinajstić information content (AvgIpc) is 3.40. The highest BCUT2D eigenvalue weighted by molar-refractivity contribution is 6.11. The fourth-order valence-electron chi connectivity index (χ4n) is 5.24. The molecule has 0 aliphatic carbocycles. The van der Waals surface area contributed by atoms with Crippen molar-refractivity contribution in [3.05, 3.63) is 71.9 Å². The summed E-state index contributed by atoms with van der Waals surface area (Å²) >= 11 is 0. The Kier molecular flexibility index (Phi) is 8.42. The molecule has 0 unspecified atom stereocenters. The Morgan fingerprint density at radius 3 is 2.54 bits per heavy atom. The van der Waals surface area contributed by atoms with Crippen LogP contribution in [0.1, 0.15) is 78.9 Å². The smallest absolute Gasteiger partial charge is 0.276 e. The van der Waals surface area contributed by atoms with E-state index in [1.807, 2.05) is 30.6 Å². The molecule has 1 aromatic carbocycles. The first kappa shape index (κ1) is 26.7. The van der Waals surface area contributed by atoms with Gasteiger partial charge in [-0.05, 0) is 73.3 Å². The Balaban J connectivity index is 1.30. The van der Waals surface area contributed by atoms with Gasteiger partial charge in [0, 0.05) is 36.3 Å². The molecule has 8 nitrogen and oxygen atoms in total. The third kappa shape index (κ3) is 6.40. The molecule has 1 aliphatic rings. The fraction of sp³-hybridized carbons (Fsp3) is 0.387.